The average Bonchev–Trinajstić information content (AvgIpc) is 2.07. The molecule has 0 saturated heterocycles. The van der Waals surface area contributed by atoms with Crippen molar-refractivity contribution >= 4 is 22.6 Å². The van der Waals surface area contributed by atoms with Crippen LogP contribution in [0.5, 0.6) is 0 Å². The lowest BCUT2D eigenvalue weighted by atomic mass is 9.90. The first-order chi connectivity index (χ1) is 5.79. The van der Waals surface area contributed by atoms with Crippen molar-refractivity contribution in [2.75, 3.05) is 0 Å². The Labute approximate surface area is 85.9 Å². The molecule has 0 spiro atoms. The van der Waals surface area contributed by atoms with E-state index in [1.165, 1.54) is 9.13 Å². The maximum Gasteiger partial charge on any atom is 0.0793 e. The average molecular weight is 274 g/mol. The number of hydrogen-bond donors (Lipinski definition) is 1. The van der Waals surface area contributed by atoms with E-state index in [1.807, 2.05) is 12.1 Å². The van der Waals surface area contributed by atoms with Gasteiger partial charge in [0.15, 0.2) is 0 Å². The van der Waals surface area contributed by atoms with Gasteiger partial charge in [-0.3, -0.25) is 0 Å². The van der Waals surface area contributed by atoms with E-state index in [9.17, 15) is 5.11 Å². The number of rotatable bonds is 0. The Morgan fingerprint density at radius 3 is 3.00 bits per heavy atom. The summed E-state index contributed by atoms with van der Waals surface area (Å²) in [5, 5.41) is 9.68. The summed E-state index contributed by atoms with van der Waals surface area (Å²) in [5.41, 5.74) is 2.50. The molecule has 0 heterocycles. The van der Waals surface area contributed by atoms with E-state index in [2.05, 4.69) is 28.7 Å². The molecule has 1 aromatic carbocycles. The molecule has 0 aromatic heterocycles. The van der Waals surface area contributed by atoms with Gasteiger partial charge in [0.2, 0.25) is 0 Å². The van der Waals surface area contributed by atoms with Gasteiger partial charge in [-0.1, -0.05) is 12.1 Å². The molecule has 0 radical (unpaired) electrons. The molecule has 2 rings (SSSR count). The largest absolute Gasteiger partial charge is 0.388 e. The topological polar surface area (TPSA) is 20.2 Å². The maximum atomic E-state index is 9.68. The quantitative estimate of drug-likeness (QED) is 0.721. The molecule has 0 saturated carbocycles. The Balaban J connectivity index is 2.52. The summed E-state index contributed by atoms with van der Waals surface area (Å²) in [4.78, 5) is 0. The Morgan fingerprint density at radius 1 is 1.42 bits per heavy atom. The van der Waals surface area contributed by atoms with Crippen LogP contribution in [0.2, 0.25) is 0 Å². The van der Waals surface area contributed by atoms with Crippen molar-refractivity contribution in [3.05, 3.63) is 32.9 Å². The van der Waals surface area contributed by atoms with Crippen LogP contribution in [-0.2, 0) is 6.42 Å². The fraction of sp³-hybridized carbons (Fsp3) is 0.400. The molecule has 1 nitrogen and oxygen atoms in total. The summed E-state index contributed by atoms with van der Waals surface area (Å²) in [6, 6.07) is 6.17. The van der Waals surface area contributed by atoms with Crippen LogP contribution < -0.4 is 0 Å². The second kappa shape index (κ2) is 3.34. The van der Waals surface area contributed by atoms with Crippen LogP contribution in [0.1, 0.15) is 30.1 Å². The molecule has 1 aliphatic carbocycles. The van der Waals surface area contributed by atoms with E-state index in [1.54, 1.807) is 0 Å². The van der Waals surface area contributed by atoms with Crippen LogP contribution in [0.25, 0.3) is 0 Å². The molecule has 1 unspecified atom stereocenters. The highest BCUT2D eigenvalue weighted by atomic mass is 127. The molecule has 0 aliphatic heterocycles. The van der Waals surface area contributed by atoms with Gasteiger partial charge in [0, 0.05) is 3.57 Å². The lowest BCUT2D eigenvalue weighted by Crippen LogP contribution is -2.10. The van der Waals surface area contributed by atoms with Crippen molar-refractivity contribution in [2.24, 2.45) is 0 Å². The molecule has 1 aliphatic rings. The van der Waals surface area contributed by atoms with Crippen molar-refractivity contribution in [3.8, 4) is 0 Å². The highest BCUT2D eigenvalue weighted by Crippen LogP contribution is 2.31. The number of aliphatic hydroxyl groups is 1. The summed E-state index contributed by atoms with van der Waals surface area (Å²) in [6.07, 6.45) is 2.95. The number of fused-ring (bicyclic) bond motifs is 1. The normalized spacial score (nSPS) is 22.0. The number of benzene rings is 1. The second-order valence-electron chi connectivity index (χ2n) is 3.22. The highest BCUT2D eigenvalue weighted by molar-refractivity contribution is 14.1. The third-order valence-corrected chi connectivity index (χ3v) is 3.43. The molecule has 12 heavy (non-hydrogen) atoms. The summed E-state index contributed by atoms with van der Waals surface area (Å²) in [7, 11) is 0. The first-order valence-electron chi connectivity index (χ1n) is 4.24. The zero-order chi connectivity index (χ0) is 8.55. The van der Waals surface area contributed by atoms with Gasteiger partial charge >= 0.3 is 0 Å². The van der Waals surface area contributed by atoms with E-state index in [4.69, 9.17) is 0 Å². The standard InChI is InChI=1S/C10H11IO/c11-9-5-1-4-8-7(9)3-2-6-10(8)12/h1,4-5,10,12H,2-3,6H2. The van der Waals surface area contributed by atoms with Crippen LogP contribution in [0.4, 0.5) is 0 Å². The van der Waals surface area contributed by atoms with E-state index in [0.29, 0.717) is 0 Å². The first-order valence-corrected chi connectivity index (χ1v) is 5.32. The minimum atomic E-state index is -0.219. The van der Waals surface area contributed by atoms with Gasteiger partial charge in [-0.15, -0.1) is 0 Å². The van der Waals surface area contributed by atoms with Crippen LogP contribution in [-0.4, -0.2) is 5.11 Å². The van der Waals surface area contributed by atoms with Crippen LogP contribution >= 0.6 is 22.6 Å². The Hall–Kier alpha value is -0.0900. The van der Waals surface area contributed by atoms with Crippen LogP contribution in [0.15, 0.2) is 18.2 Å². The van der Waals surface area contributed by atoms with Gasteiger partial charge in [0.05, 0.1) is 6.10 Å². The lowest BCUT2D eigenvalue weighted by molar-refractivity contribution is 0.156. The Morgan fingerprint density at radius 2 is 2.25 bits per heavy atom. The van der Waals surface area contributed by atoms with E-state index >= 15 is 0 Å². The molecule has 0 fully saturated rings. The summed E-state index contributed by atoms with van der Waals surface area (Å²) in [5.74, 6) is 0. The fourth-order valence-electron chi connectivity index (χ4n) is 1.78. The van der Waals surface area contributed by atoms with Gasteiger partial charge < -0.3 is 5.11 Å². The van der Waals surface area contributed by atoms with E-state index in [-0.39, 0.29) is 6.10 Å². The highest BCUT2D eigenvalue weighted by Gasteiger charge is 2.18. The number of aliphatic hydroxyl groups excluding tert-OH is 1. The van der Waals surface area contributed by atoms with Gasteiger partial charge in [0.25, 0.3) is 0 Å². The van der Waals surface area contributed by atoms with E-state index in [0.717, 1.165) is 24.8 Å². The zero-order valence-corrected chi connectivity index (χ0v) is 8.91. The zero-order valence-electron chi connectivity index (χ0n) is 6.76. The Bertz CT molecular complexity index is 296. The summed E-state index contributed by atoms with van der Waals surface area (Å²) < 4.78 is 1.30. The third-order valence-electron chi connectivity index (χ3n) is 2.42. The first kappa shape index (κ1) is 8.51. The minimum Gasteiger partial charge on any atom is -0.388 e. The van der Waals surface area contributed by atoms with Crippen molar-refractivity contribution in [1.29, 1.82) is 0 Å². The smallest absolute Gasteiger partial charge is 0.0793 e. The van der Waals surface area contributed by atoms with Crippen molar-refractivity contribution in [1.82, 2.24) is 0 Å². The predicted molar refractivity (Wildman–Crippen MR) is 57.1 cm³/mol. The molecule has 0 amide bonds. The minimum absolute atomic E-state index is 0.219. The SMILES string of the molecule is OC1CCCc2c(I)cccc21. The van der Waals surface area contributed by atoms with Gasteiger partial charge in [-0.05, 0) is 59.0 Å². The maximum absolute atomic E-state index is 9.68. The predicted octanol–water partition coefficient (Wildman–Crippen LogP) is 2.66. The van der Waals surface area contributed by atoms with Crippen LogP contribution in [0.3, 0.4) is 0 Å². The number of halogens is 1. The molecule has 0 bridgehead atoms. The van der Waals surface area contributed by atoms with Crippen molar-refractivity contribution in [3.63, 3.8) is 0 Å². The van der Waals surface area contributed by atoms with Crippen LogP contribution in [0, 0.1) is 3.57 Å². The molecule has 1 aromatic rings. The van der Waals surface area contributed by atoms with Gasteiger partial charge in [-0.2, -0.15) is 0 Å². The van der Waals surface area contributed by atoms with Crippen molar-refractivity contribution in [2.45, 2.75) is 25.4 Å². The molecule has 2 heteroatoms. The van der Waals surface area contributed by atoms with Gasteiger partial charge in [0.1, 0.15) is 0 Å². The fourth-order valence-corrected chi connectivity index (χ4v) is 2.57. The second-order valence-corrected chi connectivity index (χ2v) is 4.38. The molecule has 1 N–H and O–H groups in total. The van der Waals surface area contributed by atoms with E-state index < -0.39 is 0 Å². The molecular formula is C10H11IO. The van der Waals surface area contributed by atoms with Crippen molar-refractivity contribution < 1.29 is 5.11 Å². The monoisotopic (exact) mass is 274 g/mol. The van der Waals surface area contributed by atoms with Gasteiger partial charge in [-0.25, -0.2) is 0 Å². The summed E-state index contributed by atoms with van der Waals surface area (Å²) >= 11 is 2.34. The molecule has 64 valence electrons. The molecular weight excluding hydrogens is 263 g/mol. The number of hydrogen-bond acceptors (Lipinski definition) is 1. The Kier molecular flexibility index (Phi) is 2.37. The third kappa shape index (κ3) is 1.38. The lowest BCUT2D eigenvalue weighted by Gasteiger charge is -2.21. The molecule has 1 atom stereocenters. The summed E-state index contributed by atoms with van der Waals surface area (Å²) in [6.45, 7) is 0.